The molecule has 22 heavy (non-hydrogen) atoms. The Hall–Kier alpha value is -1.46. The van der Waals surface area contributed by atoms with Crippen molar-refractivity contribution in [2.24, 2.45) is 11.8 Å². The van der Waals surface area contributed by atoms with Crippen molar-refractivity contribution in [1.29, 1.82) is 0 Å². The van der Waals surface area contributed by atoms with E-state index in [1.165, 1.54) is 31.6 Å². The third kappa shape index (κ3) is 2.88. The third-order valence-corrected chi connectivity index (χ3v) is 5.06. The second kappa shape index (κ2) is 6.34. The van der Waals surface area contributed by atoms with Gasteiger partial charge in [0.05, 0.1) is 0 Å². The molecule has 0 bridgehead atoms. The van der Waals surface area contributed by atoms with Gasteiger partial charge in [0.15, 0.2) is 5.65 Å². The molecule has 4 heterocycles. The summed E-state index contributed by atoms with van der Waals surface area (Å²) in [7, 11) is 0. The van der Waals surface area contributed by atoms with Gasteiger partial charge in [-0.3, -0.25) is 0 Å². The number of hydrogen-bond donors (Lipinski definition) is 2. The van der Waals surface area contributed by atoms with E-state index in [1.807, 2.05) is 12.3 Å². The number of nitrogens with one attached hydrogen (secondary N) is 2. The smallest absolute Gasteiger partial charge is 0.159 e. The van der Waals surface area contributed by atoms with Gasteiger partial charge in [0.2, 0.25) is 0 Å². The molecule has 0 amide bonds. The first-order valence-electron chi connectivity index (χ1n) is 8.62. The Morgan fingerprint density at radius 3 is 2.86 bits per heavy atom. The fourth-order valence-electron chi connectivity index (χ4n) is 3.84. The summed E-state index contributed by atoms with van der Waals surface area (Å²) in [6.45, 7) is 5.62. The zero-order valence-corrected chi connectivity index (χ0v) is 13.1. The van der Waals surface area contributed by atoms with Gasteiger partial charge in [-0.15, -0.1) is 0 Å². The van der Waals surface area contributed by atoms with E-state index in [0.29, 0.717) is 5.92 Å². The highest BCUT2D eigenvalue weighted by atomic mass is 15.1. The Labute approximate surface area is 131 Å². The van der Waals surface area contributed by atoms with Gasteiger partial charge in [-0.25, -0.2) is 9.97 Å². The molecule has 0 radical (unpaired) electrons. The number of hydrogen-bond acceptors (Lipinski definition) is 4. The SMILES string of the molecule is c1cnc2c(c1)nc(CC1CCNC1)n2CC1CCCNC1. The predicted molar refractivity (Wildman–Crippen MR) is 87.8 cm³/mol. The van der Waals surface area contributed by atoms with Gasteiger partial charge in [0.1, 0.15) is 11.3 Å². The van der Waals surface area contributed by atoms with Crippen molar-refractivity contribution in [3.63, 3.8) is 0 Å². The maximum Gasteiger partial charge on any atom is 0.159 e. The minimum Gasteiger partial charge on any atom is -0.316 e. The van der Waals surface area contributed by atoms with Crippen LogP contribution in [0.1, 0.15) is 25.1 Å². The Balaban J connectivity index is 1.63. The lowest BCUT2D eigenvalue weighted by Gasteiger charge is -2.24. The van der Waals surface area contributed by atoms with Gasteiger partial charge in [-0.1, -0.05) is 0 Å². The number of pyridine rings is 1. The average Bonchev–Trinajstić information content (AvgIpc) is 3.18. The zero-order chi connectivity index (χ0) is 14.8. The minimum absolute atomic E-state index is 0.702. The molecule has 0 aliphatic carbocycles. The van der Waals surface area contributed by atoms with Crippen LogP contribution in [-0.4, -0.2) is 40.7 Å². The summed E-state index contributed by atoms with van der Waals surface area (Å²) in [5.41, 5.74) is 2.11. The first-order valence-corrected chi connectivity index (χ1v) is 8.62. The van der Waals surface area contributed by atoms with Gasteiger partial charge in [-0.2, -0.15) is 0 Å². The molecule has 5 heteroatoms. The standard InChI is InChI=1S/C17H25N5/c1-3-14(11-18-6-1)12-22-16(9-13-5-8-19-10-13)21-15-4-2-7-20-17(15)22/h2,4,7,13-14,18-19H,1,3,5-6,8-12H2. The monoisotopic (exact) mass is 299 g/mol. The molecule has 2 unspecified atom stereocenters. The van der Waals surface area contributed by atoms with Crippen LogP contribution in [0.25, 0.3) is 11.2 Å². The minimum atomic E-state index is 0.702. The molecule has 0 saturated carbocycles. The summed E-state index contributed by atoms with van der Waals surface area (Å²) in [5, 5.41) is 6.99. The summed E-state index contributed by atoms with van der Waals surface area (Å²) in [4.78, 5) is 9.50. The Morgan fingerprint density at radius 2 is 2.05 bits per heavy atom. The lowest BCUT2D eigenvalue weighted by Crippen LogP contribution is -2.32. The second-order valence-electron chi connectivity index (χ2n) is 6.76. The molecule has 2 aliphatic heterocycles. The Morgan fingerprint density at radius 1 is 1.14 bits per heavy atom. The summed E-state index contributed by atoms with van der Waals surface area (Å²) >= 11 is 0. The second-order valence-corrected chi connectivity index (χ2v) is 6.76. The van der Waals surface area contributed by atoms with E-state index in [9.17, 15) is 0 Å². The fourth-order valence-corrected chi connectivity index (χ4v) is 3.84. The average molecular weight is 299 g/mol. The summed E-state index contributed by atoms with van der Waals surface area (Å²) in [5.74, 6) is 2.65. The van der Waals surface area contributed by atoms with E-state index in [1.54, 1.807) is 0 Å². The molecule has 4 rings (SSSR count). The maximum atomic E-state index is 4.89. The highest BCUT2D eigenvalue weighted by Gasteiger charge is 2.22. The van der Waals surface area contributed by atoms with Crippen LogP contribution in [0.4, 0.5) is 0 Å². The molecule has 2 N–H and O–H groups in total. The van der Waals surface area contributed by atoms with Crippen molar-refractivity contribution in [2.75, 3.05) is 26.2 Å². The van der Waals surface area contributed by atoms with E-state index < -0.39 is 0 Å². The summed E-state index contributed by atoms with van der Waals surface area (Å²) in [6, 6.07) is 4.08. The molecular formula is C17H25N5. The topological polar surface area (TPSA) is 54.8 Å². The molecular weight excluding hydrogens is 274 g/mol. The number of piperidine rings is 1. The third-order valence-electron chi connectivity index (χ3n) is 5.06. The van der Waals surface area contributed by atoms with Gasteiger partial charge in [0.25, 0.3) is 0 Å². The molecule has 2 saturated heterocycles. The zero-order valence-electron chi connectivity index (χ0n) is 13.1. The number of aromatic nitrogens is 3. The van der Waals surface area contributed by atoms with E-state index in [-0.39, 0.29) is 0 Å². The lowest BCUT2D eigenvalue weighted by atomic mass is 9.99. The van der Waals surface area contributed by atoms with E-state index in [4.69, 9.17) is 4.98 Å². The van der Waals surface area contributed by atoms with Crippen LogP contribution in [-0.2, 0) is 13.0 Å². The maximum absolute atomic E-state index is 4.89. The normalized spacial score (nSPS) is 25.8. The molecule has 5 nitrogen and oxygen atoms in total. The molecule has 2 aromatic rings. The molecule has 2 fully saturated rings. The molecule has 2 aromatic heterocycles. The van der Waals surface area contributed by atoms with Gasteiger partial charge >= 0.3 is 0 Å². The molecule has 118 valence electrons. The lowest BCUT2D eigenvalue weighted by molar-refractivity contribution is 0.334. The van der Waals surface area contributed by atoms with E-state index in [2.05, 4.69) is 26.3 Å². The highest BCUT2D eigenvalue weighted by molar-refractivity contribution is 5.71. The van der Waals surface area contributed by atoms with Gasteiger partial charge in [0, 0.05) is 19.2 Å². The molecule has 2 atom stereocenters. The van der Waals surface area contributed by atoms with Crippen LogP contribution in [0.15, 0.2) is 18.3 Å². The van der Waals surface area contributed by atoms with Crippen LogP contribution < -0.4 is 10.6 Å². The number of nitrogens with zero attached hydrogens (tertiary/aromatic N) is 3. The van der Waals surface area contributed by atoms with E-state index >= 15 is 0 Å². The van der Waals surface area contributed by atoms with Crippen molar-refractivity contribution in [3.05, 3.63) is 24.2 Å². The quantitative estimate of drug-likeness (QED) is 0.900. The number of fused-ring (bicyclic) bond motifs is 1. The van der Waals surface area contributed by atoms with Crippen LogP contribution in [0, 0.1) is 11.8 Å². The fraction of sp³-hybridized carbons (Fsp3) is 0.647. The van der Waals surface area contributed by atoms with Crippen molar-refractivity contribution in [3.8, 4) is 0 Å². The number of imidazole rings is 1. The molecule has 0 spiro atoms. The van der Waals surface area contributed by atoms with Crippen molar-refractivity contribution in [1.82, 2.24) is 25.2 Å². The Bertz CT molecular complexity index is 623. The number of rotatable bonds is 4. The van der Waals surface area contributed by atoms with Gasteiger partial charge < -0.3 is 15.2 Å². The Kier molecular flexibility index (Phi) is 4.08. The van der Waals surface area contributed by atoms with E-state index in [0.717, 1.165) is 49.7 Å². The summed E-state index contributed by atoms with van der Waals surface area (Å²) in [6.07, 6.45) is 6.82. The summed E-state index contributed by atoms with van der Waals surface area (Å²) < 4.78 is 2.39. The largest absolute Gasteiger partial charge is 0.316 e. The van der Waals surface area contributed by atoms with Crippen LogP contribution in [0.5, 0.6) is 0 Å². The first-order chi connectivity index (χ1) is 10.9. The van der Waals surface area contributed by atoms with Crippen LogP contribution in [0.2, 0.25) is 0 Å². The molecule has 0 aromatic carbocycles. The van der Waals surface area contributed by atoms with Crippen LogP contribution in [0.3, 0.4) is 0 Å². The van der Waals surface area contributed by atoms with Crippen molar-refractivity contribution in [2.45, 2.75) is 32.2 Å². The van der Waals surface area contributed by atoms with Crippen LogP contribution >= 0.6 is 0 Å². The first kappa shape index (κ1) is 14.2. The molecule has 2 aliphatic rings. The van der Waals surface area contributed by atoms with Crippen molar-refractivity contribution < 1.29 is 0 Å². The van der Waals surface area contributed by atoms with Gasteiger partial charge in [-0.05, 0) is 69.4 Å². The van der Waals surface area contributed by atoms with Crippen molar-refractivity contribution >= 4 is 11.2 Å². The highest BCUT2D eigenvalue weighted by Crippen LogP contribution is 2.22. The predicted octanol–water partition coefficient (Wildman–Crippen LogP) is 1.58.